The maximum Gasteiger partial charge on any atom is 1.00 e. The molecule has 1 aromatic carbocycles. The Kier molecular flexibility index (Phi) is 10.8. The fraction of sp³-hybridized carbons (Fsp3) is 0.353. The molecule has 40 heavy (non-hydrogen) atoms. The predicted molar refractivity (Wildman–Crippen MR) is 120 cm³/mol. The number of hydrogen-bond acceptors (Lipinski definition) is 16. The van der Waals surface area contributed by atoms with Crippen molar-refractivity contribution in [2.45, 2.75) is 41.6 Å². The predicted octanol–water partition coefficient (Wildman–Crippen LogP) is -4.08. The van der Waals surface area contributed by atoms with E-state index in [1.165, 1.54) is 4.68 Å². The molecule has 0 aliphatic carbocycles. The molecular formula is C17H15N8NaO12S2. The first-order valence-electron chi connectivity index (χ1n) is 10.5. The van der Waals surface area contributed by atoms with Crippen LogP contribution in [0.4, 0.5) is 11.4 Å². The average Bonchev–Trinajstić information content (AvgIpc) is 3.42. The van der Waals surface area contributed by atoms with Gasteiger partial charge >= 0.3 is 35.5 Å². The van der Waals surface area contributed by atoms with Crippen molar-refractivity contribution in [2.24, 2.45) is 0 Å². The van der Waals surface area contributed by atoms with Crippen LogP contribution >= 0.6 is 11.8 Å². The van der Waals surface area contributed by atoms with Gasteiger partial charge in [0.1, 0.15) is 15.4 Å². The summed E-state index contributed by atoms with van der Waals surface area (Å²) in [7, 11) is -5.17. The van der Waals surface area contributed by atoms with Crippen LogP contribution in [-0.2, 0) is 35.9 Å². The minimum absolute atomic E-state index is 0. The number of nitro groups is 2. The number of hydroxylamine groups is 2. The summed E-state index contributed by atoms with van der Waals surface area (Å²) in [4.78, 5) is 73.5. The molecule has 1 unspecified atom stereocenters. The zero-order valence-electron chi connectivity index (χ0n) is 20.4. The van der Waals surface area contributed by atoms with Gasteiger partial charge in [-0.25, -0.2) is 17.9 Å². The number of carbonyl (C=O) groups excluding carboxylic acids is 4. The summed E-state index contributed by atoms with van der Waals surface area (Å²) in [6.45, 7) is 1.40. The van der Waals surface area contributed by atoms with Gasteiger partial charge in [-0.1, -0.05) is 0 Å². The maximum absolute atomic E-state index is 12.5. The van der Waals surface area contributed by atoms with Crippen LogP contribution in [0.1, 0.15) is 30.1 Å². The number of nitro benzene ring substituents is 2. The second kappa shape index (κ2) is 13.2. The van der Waals surface area contributed by atoms with Gasteiger partial charge in [0.25, 0.3) is 29.1 Å². The van der Waals surface area contributed by atoms with E-state index < -0.39 is 90.1 Å². The molecule has 1 atom stereocenters. The van der Waals surface area contributed by atoms with E-state index in [4.69, 9.17) is 0 Å². The minimum atomic E-state index is -5.17. The number of imide groups is 1. The SMILES string of the molecule is CCn1nnnc1Sc1c([N+](=O)[O-])cc(C(=O)NCCC(=O)ON2C(=O)CC(S(=O)(=O)[O-])C2=O)cc1[N+](=O)[O-].[Na+]. The van der Waals surface area contributed by atoms with Gasteiger partial charge in [0.2, 0.25) is 5.16 Å². The fourth-order valence-corrected chi connectivity index (χ4v) is 4.79. The molecular weight excluding hydrogens is 595 g/mol. The van der Waals surface area contributed by atoms with Crippen LogP contribution in [-0.4, -0.2) is 83.6 Å². The number of aryl methyl sites for hydroxylation is 1. The third kappa shape index (κ3) is 7.33. The van der Waals surface area contributed by atoms with Crippen molar-refractivity contribution in [1.29, 1.82) is 0 Å². The van der Waals surface area contributed by atoms with Crippen LogP contribution < -0.4 is 34.9 Å². The Morgan fingerprint density at radius 1 is 1.20 bits per heavy atom. The minimum Gasteiger partial charge on any atom is -0.747 e. The Balaban J connectivity index is 0.00000560. The molecule has 1 N–H and O–H groups in total. The van der Waals surface area contributed by atoms with Crippen molar-refractivity contribution in [2.75, 3.05) is 6.54 Å². The number of nitrogens with zero attached hydrogens (tertiary/aromatic N) is 7. The van der Waals surface area contributed by atoms with Crippen LogP contribution in [0.2, 0.25) is 0 Å². The van der Waals surface area contributed by atoms with E-state index in [-0.39, 0.29) is 46.3 Å². The van der Waals surface area contributed by atoms with Crippen molar-refractivity contribution in [1.82, 2.24) is 30.6 Å². The second-order valence-electron chi connectivity index (χ2n) is 7.42. The van der Waals surface area contributed by atoms with Gasteiger partial charge in [0.15, 0.2) is 4.90 Å². The standard InChI is InChI=1S/C17H16N8O12S2.Na/c1-2-22-17(19-20-21-22)38-14-9(24(30)31)5-8(6-10(14)25(32)33)15(28)18-4-3-13(27)37-23-12(26)7-11(16(23)29)39(34,35)36;/h5-6,11H,2-4,7H2,1H3,(H,18,28)(H,34,35,36);/q;+1/p-1. The normalized spacial score (nSPS) is 14.9. The Morgan fingerprint density at radius 2 is 1.80 bits per heavy atom. The van der Waals surface area contributed by atoms with Gasteiger partial charge in [-0.3, -0.25) is 34.6 Å². The van der Waals surface area contributed by atoms with E-state index in [2.05, 4.69) is 25.7 Å². The monoisotopic (exact) mass is 610 g/mol. The van der Waals surface area contributed by atoms with E-state index in [9.17, 15) is 52.4 Å². The number of rotatable bonds is 11. The number of tetrazole rings is 1. The number of amides is 3. The van der Waals surface area contributed by atoms with E-state index in [1.807, 2.05) is 0 Å². The first-order chi connectivity index (χ1) is 18.2. The summed E-state index contributed by atoms with van der Waals surface area (Å²) in [5.41, 5.74) is -2.09. The molecule has 2 heterocycles. The Labute approximate surface area is 249 Å². The third-order valence-electron chi connectivity index (χ3n) is 4.92. The molecule has 0 saturated carbocycles. The molecule has 0 bridgehead atoms. The van der Waals surface area contributed by atoms with E-state index in [0.29, 0.717) is 11.8 Å². The number of nitrogens with one attached hydrogen (secondary N) is 1. The molecule has 3 amide bonds. The Morgan fingerprint density at radius 3 is 2.30 bits per heavy atom. The summed E-state index contributed by atoms with van der Waals surface area (Å²) < 4.78 is 34.3. The van der Waals surface area contributed by atoms with Crippen LogP contribution in [0, 0.1) is 20.2 Å². The first kappa shape index (κ1) is 32.6. The van der Waals surface area contributed by atoms with Gasteiger partial charge in [0, 0.05) is 25.2 Å². The maximum atomic E-state index is 12.5. The van der Waals surface area contributed by atoms with Gasteiger partial charge in [0.05, 0.1) is 28.3 Å². The molecule has 0 radical (unpaired) electrons. The Bertz CT molecular complexity index is 1460. The van der Waals surface area contributed by atoms with Crippen molar-refractivity contribution >= 4 is 56.9 Å². The van der Waals surface area contributed by atoms with Crippen LogP contribution in [0.5, 0.6) is 0 Å². The molecule has 208 valence electrons. The number of hydrogen-bond donors (Lipinski definition) is 1. The molecule has 2 aromatic rings. The molecule has 1 aliphatic heterocycles. The quantitative estimate of drug-likeness (QED) is 0.0832. The summed E-state index contributed by atoms with van der Waals surface area (Å²) in [5.74, 6) is -5.13. The van der Waals surface area contributed by atoms with Gasteiger partial charge in [-0.2, -0.15) is 0 Å². The summed E-state index contributed by atoms with van der Waals surface area (Å²) in [5, 5.41) is 33.8. The molecule has 1 aliphatic rings. The summed E-state index contributed by atoms with van der Waals surface area (Å²) in [6, 6.07) is 1.54. The fourth-order valence-electron chi connectivity index (χ4n) is 3.10. The van der Waals surface area contributed by atoms with Crippen LogP contribution in [0.3, 0.4) is 0 Å². The van der Waals surface area contributed by atoms with E-state index >= 15 is 0 Å². The number of benzene rings is 1. The number of aromatic nitrogens is 4. The van der Waals surface area contributed by atoms with Gasteiger partial charge in [-0.15, -0.1) is 10.2 Å². The number of carbonyl (C=O) groups is 4. The smallest absolute Gasteiger partial charge is 0.747 e. The first-order valence-corrected chi connectivity index (χ1v) is 12.7. The van der Waals surface area contributed by atoms with Crippen molar-refractivity contribution in [3.8, 4) is 0 Å². The zero-order chi connectivity index (χ0) is 29.1. The van der Waals surface area contributed by atoms with Gasteiger partial charge < -0.3 is 14.7 Å². The van der Waals surface area contributed by atoms with Crippen molar-refractivity contribution in [3.05, 3.63) is 37.9 Å². The topological polar surface area (TPSA) is 280 Å². The zero-order valence-corrected chi connectivity index (χ0v) is 24.0. The molecule has 1 aromatic heterocycles. The molecule has 20 nitrogen and oxygen atoms in total. The van der Waals surface area contributed by atoms with Gasteiger partial charge in [-0.05, 0) is 29.1 Å². The van der Waals surface area contributed by atoms with Crippen molar-refractivity contribution in [3.63, 3.8) is 0 Å². The third-order valence-corrected chi connectivity index (χ3v) is 7.08. The average molecular weight is 610 g/mol. The molecule has 3 rings (SSSR count). The molecule has 23 heteroatoms. The largest absolute Gasteiger partial charge is 1.00 e. The molecule has 1 saturated heterocycles. The van der Waals surface area contributed by atoms with Crippen LogP contribution in [0.15, 0.2) is 22.2 Å². The van der Waals surface area contributed by atoms with Crippen molar-refractivity contribution < 1.29 is 76.4 Å². The van der Waals surface area contributed by atoms with E-state index in [1.54, 1.807) is 6.92 Å². The van der Waals surface area contributed by atoms with Crippen LogP contribution in [0.25, 0.3) is 0 Å². The van der Waals surface area contributed by atoms with E-state index in [0.717, 1.165) is 12.1 Å². The Hall–Kier alpha value is -3.57. The summed E-state index contributed by atoms with van der Waals surface area (Å²) >= 11 is 0.548. The summed E-state index contributed by atoms with van der Waals surface area (Å²) in [6.07, 6.45) is -1.69. The molecule has 0 spiro atoms. The second-order valence-corrected chi connectivity index (χ2v) is 9.95. The molecule has 1 fully saturated rings.